The molecule has 0 spiro atoms. The third kappa shape index (κ3) is 3.30. The SMILES string of the molecule is C=C1C(=O)O[C@H]2C/C(C)=C/CC[C@@]3(C)O[C@H]3[C@@H](OC(=O)/C(C)=C\C)[C@H]12. The second-order valence-corrected chi connectivity index (χ2v) is 7.48. The van der Waals surface area contributed by atoms with E-state index in [1.54, 1.807) is 19.9 Å². The van der Waals surface area contributed by atoms with Gasteiger partial charge in [-0.1, -0.05) is 24.3 Å². The van der Waals surface area contributed by atoms with E-state index in [-0.39, 0.29) is 29.7 Å². The van der Waals surface area contributed by atoms with Crippen LogP contribution in [0.3, 0.4) is 0 Å². The first-order chi connectivity index (χ1) is 11.8. The lowest BCUT2D eigenvalue weighted by Crippen LogP contribution is -2.40. The zero-order valence-corrected chi connectivity index (χ0v) is 15.3. The quantitative estimate of drug-likeness (QED) is 0.332. The minimum absolute atomic E-state index is 0.244. The van der Waals surface area contributed by atoms with Crippen LogP contribution < -0.4 is 0 Å². The van der Waals surface area contributed by atoms with Crippen molar-refractivity contribution in [2.45, 2.75) is 70.9 Å². The Balaban J connectivity index is 1.96. The number of allylic oxidation sites excluding steroid dienone is 2. The maximum atomic E-state index is 12.4. The van der Waals surface area contributed by atoms with Gasteiger partial charge in [0.05, 0.1) is 11.5 Å². The van der Waals surface area contributed by atoms with Crippen LogP contribution in [0.15, 0.2) is 35.5 Å². The molecule has 0 aromatic carbocycles. The van der Waals surface area contributed by atoms with Crippen molar-refractivity contribution < 1.29 is 23.8 Å². The Morgan fingerprint density at radius 1 is 1.48 bits per heavy atom. The summed E-state index contributed by atoms with van der Waals surface area (Å²) < 4.78 is 17.3. The van der Waals surface area contributed by atoms with Gasteiger partial charge in [-0.15, -0.1) is 0 Å². The molecule has 0 unspecified atom stereocenters. The van der Waals surface area contributed by atoms with Crippen molar-refractivity contribution in [1.82, 2.24) is 0 Å². The fourth-order valence-corrected chi connectivity index (χ4v) is 3.76. The van der Waals surface area contributed by atoms with Gasteiger partial charge in [-0.05, 0) is 40.5 Å². The molecule has 3 rings (SSSR count). The van der Waals surface area contributed by atoms with Crippen LogP contribution in [0, 0.1) is 5.92 Å². The first kappa shape index (κ1) is 17.9. The highest BCUT2D eigenvalue weighted by Crippen LogP contribution is 2.49. The Bertz CT molecular complexity index is 674. The highest BCUT2D eigenvalue weighted by Gasteiger charge is 2.62. The van der Waals surface area contributed by atoms with Crippen molar-refractivity contribution in [2.24, 2.45) is 5.92 Å². The van der Waals surface area contributed by atoms with Gasteiger partial charge in [0, 0.05) is 17.6 Å². The number of epoxide rings is 1. The van der Waals surface area contributed by atoms with Crippen LogP contribution in [0.5, 0.6) is 0 Å². The molecule has 2 saturated heterocycles. The molecule has 3 aliphatic rings. The van der Waals surface area contributed by atoms with Crippen molar-refractivity contribution in [2.75, 3.05) is 0 Å². The highest BCUT2D eigenvalue weighted by atomic mass is 16.6. The molecule has 0 N–H and O–H groups in total. The molecule has 0 aromatic rings. The van der Waals surface area contributed by atoms with Crippen molar-refractivity contribution in [3.63, 3.8) is 0 Å². The van der Waals surface area contributed by atoms with Crippen molar-refractivity contribution in [3.8, 4) is 0 Å². The lowest BCUT2D eigenvalue weighted by atomic mass is 9.82. The fraction of sp³-hybridized carbons (Fsp3) is 0.600. The normalized spacial score (nSPS) is 40.3. The molecule has 0 aromatic heterocycles. The molecule has 5 nitrogen and oxygen atoms in total. The molecular weight excluding hydrogens is 320 g/mol. The van der Waals surface area contributed by atoms with Crippen LogP contribution in [0.2, 0.25) is 0 Å². The molecule has 136 valence electrons. The van der Waals surface area contributed by atoms with E-state index in [0.29, 0.717) is 17.6 Å². The number of esters is 2. The van der Waals surface area contributed by atoms with Crippen molar-refractivity contribution in [3.05, 3.63) is 35.5 Å². The lowest BCUT2D eigenvalue weighted by Gasteiger charge is -2.28. The molecule has 0 amide bonds. The number of carbonyl (C=O) groups is 2. The van der Waals surface area contributed by atoms with E-state index < -0.39 is 12.1 Å². The van der Waals surface area contributed by atoms with Crippen LogP contribution in [0.1, 0.15) is 47.0 Å². The first-order valence-electron chi connectivity index (χ1n) is 8.84. The number of fused-ring (bicyclic) bond motifs is 2. The summed E-state index contributed by atoms with van der Waals surface area (Å²) in [5.74, 6) is -1.18. The van der Waals surface area contributed by atoms with Gasteiger partial charge >= 0.3 is 11.9 Å². The van der Waals surface area contributed by atoms with Crippen LogP contribution in [-0.4, -0.2) is 35.9 Å². The van der Waals surface area contributed by atoms with E-state index >= 15 is 0 Å². The van der Waals surface area contributed by atoms with Crippen LogP contribution in [0.4, 0.5) is 0 Å². The van der Waals surface area contributed by atoms with Gasteiger partial charge in [0.2, 0.25) is 0 Å². The van der Waals surface area contributed by atoms with E-state index in [2.05, 4.69) is 12.7 Å². The molecule has 2 fully saturated rings. The van der Waals surface area contributed by atoms with E-state index in [1.165, 1.54) is 0 Å². The average Bonchev–Trinajstić information content (AvgIpc) is 3.15. The summed E-state index contributed by atoms with van der Waals surface area (Å²) in [5.41, 5.74) is 1.71. The molecule has 2 heterocycles. The minimum atomic E-state index is -0.567. The number of hydrogen-bond donors (Lipinski definition) is 0. The van der Waals surface area contributed by atoms with Gasteiger partial charge in [0.15, 0.2) is 0 Å². The van der Waals surface area contributed by atoms with E-state index in [0.717, 1.165) is 18.4 Å². The Morgan fingerprint density at radius 2 is 2.20 bits per heavy atom. The summed E-state index contributed by atoms with van der Waals surface area (Å²) >= 11 is 0. The van der Waals surface area contributed by atoms with Crippen molar-refractivity contribution in [1.29, 1.82) is 0 Å². The maximum Gasteiger partial charge on any atom is 0.334 e. The summed E-state index contributed by atoms with van der Waals surface area (Å²) in [6.45, 7) is 11.5. The third-order valence-electron chi connectivity index (χ3n) is 5.57. The second kappa shape index (κ2) is 6.45. The zero-order chi connectivity index (χ0) is 18.4. The minimum Gasteiger partial charge on any atom is -0.458 e. The van der Waals surface area contributed by atoms with Gasteiger partial charge in [0.25, 0.3) is 0 Å². The molecule has 5 atom stereocenters. The third-order valence-corrected chi connectivity index (χ3v) is 5.57. The summed E-state index contributed by atoms with van der Waals surface area (Å²) in [4.78, 5) is 24.5. The monoisotopic (exact) mass is 346 g/mol. The Hall–Kier alpha value is -1.88. The molecular formula is C20H26O5. The van der Waals surface area contributed by atoms with Gasteiger partial charge in [-0.25, -0.2) is 9.59 Å². The first-order valence-corrected chi connectivity index (χ1v) is 8.84. The summed E-state index contributed by atoms with van der Waals surface area (Å²) in [6.07, 6.45) is 5.07. The topological polar surface area (TPSA) is 65.1 Å². The molecule has 25 heavy (non-hydrogen) atoms. The second-order valence-electron chi connectivity index (χ2n) is 7.48. The zero-order valence-electron chi connectivity index (χ0n) is 15.3. The van der Waals surface area contributed by atoms with Gasteiger partial charge in [0.1, 0.15) is 18.3 Å². The predicted molar refractivity (Wildman–Crippen MR) is 92.7 cm³/mol. The Labute approximate surface area is 148 Å². The highest BCUT2D eigenvalue weighted by molar-refractivity contribution is 5.91. The maximum absolute atomic E-state index is 12.4. The van der Waals surface area contributed by atoms with E-state index in [4.69, 9.17) is 14.2 Å². The summed E-state index contributed by atoms with van der Waals surface area (Å²) in [6, 6.07) is 0. The summed E-state index contributed by atoms with van der Waals surface area (Å²) in [7, 11) is 0. The number of ether oxygens (including phenoxy) is 3. The average molecular weight is 346 g/mol. The number of rotatable bonds is 2. The number of hydrogen-bond acceptors (Lipinski definition) is 5. The molecule has 0 bridgehead atoms. The smallest absolute Gasteiger partial charge is 0.334 e. The Kier molecular flexibility index (Phi) is 4.62. The standard InChI is InChI=1S/C20H26O5/c1-6-12(3)18(21)24-16-15-13(4)19(22)23-14(15)10-11(2)8-7-9-20(5)17(16)25-20/h6,8,14-17H,4,7,9-10H2,1-3,5H3/b11-8+,12-6-/t14-,15+,16-,17-,20+/m0/s1. The largest absolute Gasteiger partial charge is 0.458 e. The predicted octanol–water partition coefficient (Wildman–Crippen LogP) is 3.25. The van der Waals surface area contributed by atoms with Gasteiger partial charge in [-0.2, -0.15) is 0 Å². The van der Waals surface area contributed by atoms with Gasteiger partial charge < -0.3 is 14.2 Å². The van der Waals surface area contributed by atoms with Gasteiger partial charge in [-0.3, -0.25) is 0 Å². The molecule has 0 radical (unpaired) electrons. The number of carbonyl (C=O) groups excluding carboxylic acids is 2. The van der Waals surface area contributed by atoms with Crippen LogP contribution in [0.25, 0.3) is 0 Å². The van der Waals surface area contributed by atoms with E-state index in [1.807, 2.05) is 13.8 Å². The Morgan fingerprint density at radius 3 is 2.88 bits per heavy atom. The van der Waals surface area contributed by atoms with Crippen LogP contribution in [-0.2, 0) is 23.8 Å². The molecule has 0 saturated carbocycles. The summed E-state index contributed by atoms with van der Waals surface area (Å²) in [5, 5.41) is 0. The molecule has 1 aliphatic carbocycles. The molecule has 5 heteroatoms. The lowest BCUT2D eigenvalue weighted by molar-refractivity contribution is -0.149. The fourth-order valence-electron chi connectivity index (χ4n) is 3.76. The van der Waals surface area contributed by atoms with Crippen molar-refractivity contribution >= 4 is 11.9 Å². The van der Waals surface area contributed by atoms with E-state index in [9.17, 15) is 9.59 Å². The molecule has 2 aliphatic heterocycles. The van der Waals surface area contributed by atoms with Crippen LogP contribution >= 0.6 is 0 Å².